The van der Waals surface area contributed by atoms with Gasteiger partial charge < -0.3 is 9.64 Å². The van der Waals surface area contributed by atoms with Crippen LogP contribution in [0.5, 0.6) is 0 Å². The van der Waals surface area contributed by atoms with Gasteiger partial charge in [0.05, 0.1) is 34.0 Å². The number of hydrogen-bond donors (Lipinski definition) is 0. The zero-order valence-electron chi connectivity index (χ0n) is 18.9. The lowest BCUT2D eigenvalue weighted by Gasteiger charge is -2.28. The molecule has 4 aromatic rings. The van der Waals surface area contributed by atoms with Crippen LogP contribution < -0.4 is 4.90 Å². The molecule has 0 bridgehead atoms. The van der Waals surface area contributed by atoms with Gasteiger partial charge in [0.25, 0.3) is 5.69 Å². The molecule has 5 rings (SSSR count). The lowest BCUT2D eigenvalue weighted by atomic mass is 10.1. The second-order valence-corrected chi connectivity index (χ2v) is 11.1. The number of nitro groups is 1. The SMILES string of the molecule is O=[N+]([O-])c1cc(C=Nc2ccc3nc(SCc4cc(Cl)ccc4Cl)sc3c2)ccc1N1CCOCC1. The topological polar surface area (TPSA) is 80.9 Å². The molecule has 0 atom stereocenters. The third-order valence-electron chi connectivity index (χ3n) is 5.62. The highest BCUT2D eigenvalue weighted by molar-refractivity contribution is 8.00. The van der Waals surface area contributed by atoms with Gasteiger partial charge in [0.1, 0.15) is 5.69 Å². The Morgan fingerprint density at radius 1 is 1.14 bits per heavy atom. The first kappa shape index (κ1) is 25.0. The van der Waals surface area contributed by atoms with Gasteiger partial charge in [0, 0.05) is 41.2 Å². The molecule has 1 aliphatic rings. The number of nitrogens with zero attached hydrogens (tertiary/aromatic N) is 4. The highest BCUT2D eigenvalue weighted by Gasteiger charge is 2.21. The Morgan fingerprint density at radius 2 is 1.97 bits per heavy atom. The number of thioether (sulfide) groups is 1. The van der Waals surface area contributed by atoms with Crippen LogP contribution in [0.2, 0.25) is 10.0 Å². The first-order valence-corrected chi connectivity index (χ1v) is 13.6. The zero-order chi connectivity index (χ0) is 25.1. The summed E-state index contributed by atoms with van der Waals surface area (Å²) in [4.78, 5) is 22.6. The number of fused-ring (bicyclic) bond motifs is 1. The average molecular weight is 560 g/mol. The Balaban J connectivity index is 1.31. The summed E-state index contributed by atoms with van der Waals surface area (Å²) in [5.74, 6) is 0.670. The largest absolute Gasteiger partial charge is 0.378 e. The summed E-state index contributed by atoms with van der Waals surface area (Å²) in [7, 11) is 0. The number of aliphatic imine (C=N–C) groups is 1. The summed E-state index contributed by atoms with van der Waals surface area (Å²) in [5.41, 5.74) is 3.95. The minimum Gasteiger partial charge on any atom is -0.378 e. The van der Waals surface area contributed by atoms with Crippen molar-refractivity contribution >= 4 is 79.8 Å². The number of benzene rings is 3. The summed E-state index contributed by atoms with van der Waals surface area (Å²) >= 11 is 15.5. The second-order valence-electron chi connectivity index (χ2n) is 8.02. The van der Waals surface area contributed by atoms with Crippen molar-refractivity contribution in [3.05, 3.63) is 85.9 Å². The van der Waals surface area contributed by atoms with Crippen LogP contribution in [0.3, 0.4) is 0 Å². The number of rotatable bonds is 7. The highest BCUT2D eigenvalue weighted by Crippen LogP contribution is 2.35. The molecule has 0 unspecified atom stereocenters. The molecule has 1 aromatic heterocycles. The summed E-state index contributed by atoms with van der Waals surface area (Å²) < 4.78 is 7.30. The molecule has 0 N–H and O–H groups in total. The van der Waals surface area contributed by atoms with Crippen LogP contribution in [0.25, 0.3) is 10.2 Å². The van der Waals surface area contributed by atoms with Gasteiger partial charge in [-0.3, -0.25) is 15.1 Å². The number of ether oxygens (including phenoxy) is 1. The normalized spacial score (nSPS) is 14.1. The molecule has 7 nitrogen and oxygen atoms in total. The van der Waals surface area contributed by atoms with Crippen LogP contribution in [-0.2, 0) is 10.5 Å². The van der Waals surface area contributed by atoms with Crippen molar-refractivity contribution in [1.29, 1.82) is 0 Å². The van der Waals surface area contributed by atoms with E-state index in [1.807, 2.05) is 35.2 Å². The Morgan fingerprint density at radius 3 is 2.78 bits per heavy atom. The molecule has 0 radical (unpaired) electrons. The lowest BCUT2D eigenvalue weighted by molar-refractivity contribution is -0.384. The molecule has 36 heavy (non-hydrogen) atoms. The minimum absolute atomic E-state index is 0.0697. The number of nitro benzene ring substituents is 1. The molecule has 11 heteroatoms. The van der Waals surface area contributed by atoms with Crippen LogP contribution in [0.15, 0.2) is 63.9 Å². The molecule has 1 aliphatic heterocycles. The van der Waals surface area contributed by atoms with E-state index in [0.717, 1.165) is 25.8 Å². The van der Waals surface area contributed by atoms with Crippen LogP contribution in [0, 0.1) is 10.1 Å². The van der Waals surface area contributed by atoms with Gasteiger partial charge in [-0.1, -0.05) is 41.0 Å². The van der Waals surface area contributed by atoms with Crippen molar-refractivity contribution in [3.63, 3.8) is 0 Å². The Bertz CT molecular complexity index is 1450. The highest BCUT2D eigenvalue weighted by atomic mass is 35.5. The Kier molecular flexibility index (Phi) is 7.73. The summed E-state index contributed by atoms with van der Waals surface area (Å²) in [5, 5.41) is 13.0. The number of morpholine rings is 1. The average Bonchev–Trinajstić information content (AvgIpc) is 3.30. The van der Waals surface area contributed by atoms with E-state index in [0.29, 0.717) is 53.4 Å². The van der Waals surface area contributed by atoms with Crippen molar-refractivity contribution in [3.8, 4) is 0 Å². The molecule has 0 spiro atoms. The zero-order valence-corrected chi connectivity index (χ0v) is 22.0. The van der Waals surface area contributed by atoms with E-state index in [9.17, 15) is 10.1 Å². The predicted molar refractivity (Wildman–Crippen MR) is 149 cm³/mol. The molecule has 3 aromatic carbocycles. The maximum atomic E-state index is 11.7. The summed E-state index contributed by atoms with van der Waals surface area (Å²) in [6.45, 7) is 2.40. The van der Waals surface area contributed by atoms with E-state index in [1.54, 1.807) is 53.6 Å². The Hall–Kier alpha value is -2.69. The fraction of sp³-hybridized carbons (Fsp3) is 0.200. The lowest BCUT2D eigenvalue weighted by Crippen LogP contribution is -2.36. The molecule has 2 heterocycles. The van der Waals surface area contributed by atoms with Gasteiger partial charge in [-0.25, -0.2) is 4.98 Å². The van der Waals surface area contributed by atoms with Crippen LogP contribution in [0.4, 0.5) is 17.1 Å². The smallest absolute Gasteiger partial charge is 0.293 e. The molecular formula is C25H20Cl2N4O3S2. The number of anilines is 1. The molecule has 1 fully saturated rings. The summed E-state index contributed by atoms with van der Waals surface area (Å²) in [6, 6.07) is 16.4. The van der Waals surface area contributed by atoms with E-state index in [2.05, 4.69) is 9.98 Å². The van der Waals surface area contributed by atoms with Crippen molar-refractivity contribution in [2.75, 3.05) is 31.2 Å². The predicted octanol–water partition coefficient (Wildman–Crippen LogP) is 7.39. The van der Waals surface area contributed by atoms with E-state index in [4.69, 9.17) is 27.9 Å². The molecule has 0 saturated carbocycles. The number of thiazole rings is 1. The quantitative estimate of drug-likeness (QED) is 0.102. The number of halogens is 2. The van der Waals surface area contributed by atoms with Crippen LogP contribution in [-0.4, -0.2) is 42.4 Å². The van der Waals surface area contributed by atoms with Crippen molar-refractivity contribution < 1.29 is 9.66 Å². The van der Waals surface area contributed by atoms with E-state index in [-0.39, 0.29) is 10.6 Å². The third-order valence-corrected chi connectivity index (χ3v) is 8.44. The van der Waals surface area contributed by atoms with Gasteiger partial charge in [-0.15, -0.1) is 11.3 Å². The van der Waals surface area contributed by atoms with E-state index in [1.165, 1.54) is 0 Å². The third kappa shape index (κ3) is 5.82. The maximum absolute atomic E-state index is 11.7. The van der Waals surface area contributed by atoms with E-state index >= 15 is 0 Å². The second kappa shape index (κ2) is 11.1. The fourth-order valence-electron chi connectivity index (χ4n) is 3.82. The number of aromatic nitrogens is 1. The van der Waals surface area contributed by atoms with Gasteiger partial charge in [-0.05, 0) is 53.6 Å². The molecule has 1 saturated heterocycles. The minimum atomic E-state index is -0.346. The molecular weight excluding hydrogens is 539 g/mol. The molecule has 0 aliphatic carbocycles. The maximum Gasteiger partial charge on any atom is 0.293 e. The van der Waals surface area contributed by atoms with Crippen LogP contribution >= 0.6 is 46.3 Å². The van der Waals surface area contributed by atoms with Crippen molar-refractivity contribution in [2.45, 2.75) is 10.1 Å². The molecule has 0 amide bonds. The Labute approximate surface area is 225 Å². The van der Waals surface area contributed by atoms with E-state index < -0.39 is 0 Å². The first-order chi connectivity index (χ1) is 17.5. The standard InChI is InChI=1S/C25H20Cl2N4O3S2/c26-18-2-4-20(27)17(12-18)15-35-25-29-21-5-3-19(13-24(21)36-25)28-14-16-1-6-22(23(11-16)31(32)33)30-7-9-34-10-8-30/h1-6,11-14H,7-10,15H2. The van der Waals surface area contributed by atoms with Crippen molar-refractivity contribution in [1.82, 2.24) is 4.98 Å². The van der Waals surface area contributed by atoms with Gasteiger partial charge in [0.2, 0.25) is 0 Å². The first-order valence-electron chi connectivity index (χ1n) is 11.1. The monoisotopic (exact) mass is 558 g/mol. The summed E-state index contributed by atoms with van der Waals surface area (Å²) in [6.07, 6.45) is 1.65. The van der Waals surface area contributed by atoms with Gasteiger partial charge in [-0.2, -0.15) is 0 Å². The van der Waals surface area contributed by atoms with Gasteiger partial charge in [0.15, 0.2) is 4.34 Å². The van der Waals surface area contributed by atoms with Crippen molar-refractivity contribution in [2.24, 2.45) is 4.99 Å². The molecule has 184 valence electrons. The number of hydrogen-bond acceptors (Lipinski definition) is 8. The fourth-order valence-corrected chi connectivity index (χ4v) is 6.37. The van der Waals surface area contributed by atoms with Gasteiger partial charge >= 0.3 is 0 Å². The van der Waals surface area contributed by atoms with Crippen LogP contribution in [0.1, 0.15) is 11.1 Å².